The molecule has 19 heavy (non-hydrogen) atoms. The number of rotatable bonds is 4. The SMILES string of the molecule is CCCOc1ccc2oc(CN)c(C(C)(C)C)c2c1. The van der Waals surface area contributed by atoms with Crippen LogP contribution in [0.4, 0.5) is 0 Å². The van der Waals surface area contributed by atoms with Crippen molar-refractivity contribution in [3.8, 4) is 5.75 Å². The minimum absolute atomic E-state index is 0.00331. The Hall–Kier alpha value is -1.48. The maximum absolute atomic E-state index is 5.85. The third-order valence-corrected chi connectivity index (χ3v) is 3.14. The Labute approximate surface area is 114 Å². The number of fused-ring (bicyclic) bond motifs is 1. The fourth-order valence-electron chi connectivity index (χ4n) is 2.40. The van der Waals surface area contributed by atoms with Gasteiger partial charge in [0.1, 0.15) is 17.1 Å². The van der Waals surface area contributed by atoms with Gasteiger partial charge in [-0.25, -0.2) is 0 Å². The summed E-state index contributed by atoms with van der Waals surface area (Å²) >= 11 is 0. The zero-order valence-electron chi connectivity index (χ0n) is 12.2. The number of benzene rings is 1. The molecule has 0 aliphatic rings. The van der Waals surface area contributed by atoms with Gasteiger partial charge in [0.2, 0.25) is 0 Å². The standard InChI is InChI=1S/C16H23NO2/c1-5-8-18-11-6-7-13-12(9-11)15(16(2,3)4)14(10-17)19-13/h6-7,9H,5,8,10,17H2,1-4H3. The molecular weight excluding hydrogens is 238 g/mol. The molecule has 2 rings (SSSR count). The van der Waals surface area contributed by atoms with Crippen molar-refractivity contribution in [1.82, 2.24) is 0 Å². The van der Waals surface area contributed by atoms with Crippen molar-refractivity contribution in [3.63, 3.8) is 0 Å². The van der Waals surface area contributed by atoms with Crippen LogP contribution in [0, 0.1) is 0 Å². The summed E-state index contributed by atoms with van der Waals surface area (Å²) in [5, 5.41) is 1.11. The quantitative estimate of drug-likeness (QED) is 0.905. The van der Waals surface area contributed by atoms with E-state index in [1.54, 1.807) is 0 Å². The van der Waals surface area contributed by atoms with Crippen molar-refractivity contribution in [2.45, 2.75) is 46.1 Å². The molecule has 0 spiro atoms. The second kappa shape index (κ2) is 5.25. The van der Waals surface area contributed by atoms with Gasteiger partial charge in [0.05, 0.1) is 13.2 Å². The van der Waals surface area contributed by atoms with Gasteiger partial charge in [0, 0.05) is 10.9 Å². The average molecular weight is 261 g/mol. The lowest BCUT2D eigenvalue weighted by Crippen LogP contribution is -2.14. The third kappa shape index (κ3) is 2.76. The molecule has 0 atom stereocenters. The molecule has 0 aliphatic heterocycles. The third-order valence-electron chi connectivity index (χ3n) is 3.14. The van der Waals surface area contributed by atoms with Gasteiger partial charge >= 0.3 is 0 Å². The molecule has 2 aromatic rings. The highest BCUT2D eigenvalue weighted by Gasteiger charge is 2.24. The first-order chi connectivity index (χ1) is 8.97. The Morgan fingerprint density at radius 1 is 1.26 bits per heavy atom. The molecule has 0 saturated carbocycles. The predicted molar refractivity (Wildman–Crippen MR) is 78.6 cm³/mol. The van der Waals surface area contributed by atoms with Crippen LogP contribution in [0.1, 0.15) is 45.4 Å². The van der Waals surface area contributed by atoms with Gasteiger partial charge in [0.25, 0.3) is 0 Å². The van der Waals surface area contributed by atoms with E-state index in [4.69, 9.17) is 14.9 Å². The number of furan rings is 1. The second-order valence-electron chi connectivity index (χ2n) is 5.86. The molecule has 0 aliphatic carbocycles. The first kappa shape index (κ1) is 13.9. The van der Waals surface area contributed by atoms with Crippen molar-refractivity contribution in [1.29, 1.82) is 0 Å². The van der Waals surface area contributed by atoms with Crippen LogP contribution in [0.3, 0.4) is 0 Å². The number of hydrogen-bond donors (Lipinski definition) is 1. The fraction of sp³-hybridized carbons (Fsp3) is 0.500. The van der Waals surface area contributed by atoms with Crippen molar-refractivity contribution in [2.75, 3.05) is 6.61 Å². The van der Waals surface area contributed by atoms with Crippen LogP contribution in [0.15, 0.2) is 22.6 Å². The largest absolute Gasteiger partial charge is 0.494 e. The maximum atomic E-state index is 5.85. The van der Waals surface area contributed by atoms with Crippen LogP contribution in [0.2, 0.25) is 0 Å². The van der Waals surface area contributed by atoms with Gasteiger partial charge in [-0.3, -0.25) is 0 Å². The smallest absolute Gasteiger partial charge is 0.134 e. The summed E-state index contributed by atoms with van der Waals surface area (Å²) in [7, 11) is 0. The monoisotopic (exact) mass is 261 g/mol. The van der Waals surface area contributed by atoms with Crippen molar-refractivity contribution >= 4 is 11.0 Å². The molecular formula is C16H23NO2. The Morgan fingerprint density at radius 3 is 2.58 bits per heavy atom. The summed E-state index contributed by atoms with van der Waals surface area (Å²) in [5.74, 6) is 1.76. The summed E-state index contributed by atoms with van der Waals surface area (Å²) in [5.41, 5.74) is 7.88. The van der Waals surface area contributed by atoms with E-state index in [0.717, 1.165) is 35.5 Å². The van der Waals surface area contributed by atoms with Gasteiger partial charge in [0.15, 0.2) is 0 Å². The molecule has 1 aromatic carbocycles. The molecule has 104 valence electrons. The zero-order valence-corrected chi connectivity index (χ0v) is 12.2. The molecule has 0 radical (unpaired) electrons. The summed E-state index contributed by atoms with van der Waals surface area (Å²) in [6.07, 6.45) is 1.00. The van der Waals surface area contributed by atoms with E-state index < -0.39 is 0 Å². The van der Waals surface area contributed by atoms with Gasteiger partial charge in [-0.1, -0.05) is 27.7 Å². The van der Waals surface area contributed by atoms with E-state index in [-0.39, 0.29) is 5.41 Å². The van der Waals surface area contributed by atoms with E-state index in [9.17, 15) is 0 Å². The van der Waals surface area contributed by atoms with Crippen LogP contribution < -0.4 is 10.5 Å². The van der Waals surface area contributed by atoms with Gasteiger partial charge in [-0.15, -0.1) is 0 Å². The van der Waals surface area contributed by atoms with E-state index in [1.165, 1.54) is 5.56 Å². The lowest BCUT2D eigenvalue weighted by molar-refractivity contribution is 0.318. The number of ether oxygens (including phenoxy) is 1. The van der Waals surface area contributed by atoms with Crippen molar-refractivity contribution < 1.29 is 9.15 Å². The maximum Gasteiger partial charge on any atom is 0.134 e. The van der Waals surface area contributed by atoms with Gasteiger partial charge in [-0.05, 0) is 30.0 Å². The first-order valence-electron chi connectivity index (χ1n) is 6.86. The van der Waals surface area contributed by atoms with Crippen molar-refractivity contribution in [2.24, 2.45) is 5.73 Å². The minimum Gasteiger partial charge on any atom is -0.494 e. The minimum atomic E-state index is 0.00331. The highest BCUT2D eigenvalue weighted by atomic mass is 16.5. The average Bonchev–Trinajstić information content (AvgIpc) is 2.73. The van der Waals surface area contributed by atoms with Crippen molar-refractivity contribution in [3.05, 3.63) is 29.5 Å². The lowest BCUT2D eigenvalue weighted by Gasteiger charge is -2.19. The van der Waals surface area contributed by atoms with E-state index in [0.29, 0.717) is 6.54 Å². The second-order valence-corrected chi connectivity index (χ2v) is 5.86. The summed E-state index contributed by atoms with van der Waals surface area (Å²) < 4.78 is 11.6. The van der Waals surface area contributed by atoms with Crippen LogP contribution in [0.5, 0.6) is 5.75 Å². The molecule has 1 heterocycles. The van der Waals surface area contributed by atoms with Gasteiger partial charge in [-0.2, -0.15) is 0 Å². The zero-order chi connectivity index (χ0) is 14.0. The molecule has 0 fully saturated rings. The Bertz CT molecular complexity index is 564. The normalized spacial score (nSPS) is 12.1. The molecule has 0 unspecified atom stereocenters. The Morgan fingerprint density at radius 2 is 2.00 bits per heavy atom. The Kier molecular flexibility index (Phi) is 3.85. The number of nitrogens with two attached hydrogens (primary N) is 1. The summed E-state index contributed by atoms with van der Waals surface area (Å²) in [6, 6.07) is 5.98. The van der Waals surface area contributed by atoms with E-state index in [1.807, 2.05) is 12.1 Å². The van der Waals surface area contributed by atoms with E-state index >= 15 is 0 Å². The van der Waals surface area contributed by atoms with Crippen LogP contribution in [-0.2, 0) is 12.0 Å². The molecule has 3 nitrogen and oxygen atoms in total. The summed E-state index contributed by atoms with van der Waals surface area (Å²) in [6.45, 7) is 9.79. The van der Waals surface area contributed by atoms with Gasteiger partial charge < -0.3 is 14.9 Å². The molecule has 1 aromatic heterocycles. The molecule has 2 N–H and O–H groups in total. The predicted octanol–water partition coefficient (Wildman–Crippen LogP) is 3.98. The number of hydrogen-bond acceptors (Lipinski definition) is 3. The Balaban J connectivity index is 2.56. The molecule has 0 saturated heterocycles. The fourth-order valence-corrected chi connectivity index (χ4v) is 2.40. The first-order valence-corrected chi connectivity index (χ1v) is 6.86. The van der Waals surface area contributed by atoms with Crippen LogP contribution >= 0.6 is 0 Å². The molecule has 0 amide bonds. The van der Waals surface area contributed by atoms with Crippen LogP contribution in [-0.4, -0.2) is 6.61 Å². The van der Waals surface area contributed by atoms with E-state index in [2.05, 4.69) is 33.8 Å². The molecule has 0 bridgehead atoms. The topological polar surface area (TPSA) is 48.4 Å². The molecule has 3 heteroatoms. The lowest BCUT2D eigenvalue weighted by atomic mass is 9.85. The highest BCUT2D eigenvalue weighted by molar-refractivity contribution is 5.85. The van der Waals surface area contributed by atoms with Crippen LogP contribution in [0.25, 0.3) is 11.0 Å². The summed E-state index contributed by atoms with van der Waals surface area (Å²) in [4.78, 5) is 0. The highest BCUT2D eigenvalue weighted by Crippen LogP contribution is 2.37.